The van der Waals surface area contributed by atoms with E-state index >= 15 is 0 Å². The van der Waals surface area contributed by atoms with Crippen LogP contribution in [0.1, 0.15) is 20.8 Å². The minimum absolute atomic E-state index is 0.0222. The summed E-state index contributed by atoms with van der Waals surface area (Å²) in [5.74, 6) is 0. The van der Waals surface area contributed by atoms with Gasteiger partial charge in [0.2, 0.25) is 0 Å². The van der Waals surface area contributed by atoms with Crippen LogP contribution in [0, 0.1) is 0 Å². The van der Waals surface area contributed by atoms with E-state index in [1.807, 2.05) is 24.3 Å². The average molecular weight is 563 g/mol. The summed E-state index contributed by atoms with van der Waals surface area (Å²) in [4.78, 5) is 0.0444. The monoisotopic (exact) mass is 562 g/mol. The summed E-state index contributed by atoms with van der Waals surface area (Å²) in [5.41, 5.74) is 1.93. The molecule has 2 aromatic carbocycles. The molecule has 0 aliphatic rings. The summed E-state index contributed by atoms with van der Waals surface area (Å²) in [6, 6.07) is 11.0. The molecule has 4 aromatic rings. The topological polar surface area (TPSA) is 87.2 Å². The summed E-state index contributed by atoms with van der Waals surface area (Å²) in [7, 11) is 0. The van der Waals surface area contributed by atoms with Gasteiger partial charge in [-0.25, -0.2) is 0 Å². The van der Waals surface area contributed by atoms with Crippen molar-refractivity contribution in [2.24, 2.45) is 0 Å². The van der Waals surface area contributed by atoms with Gasteiger partial charge in [-0.1, -0.05) is 0 Å². The van der Waals surface area contributed by atoms with Gasteiger partial charge in [0.25, 0.3) is 0 Å². The summed E-state index contributed by atoms with van der Waals surface area (Å²) in [6.07, 6.45) is 3.16. The third kappa shape index (κ3) is 5.74. The van der Waals surface area contributed by atoms with Crippen LogP contribution in [0.4, 0.5) is 0 Å². The van der Waals surface area contributed by atoms with Gasteiger partial charge in [-0.05, 0) is 0 Å². The van der Waals surface area contributed by atoms with Gasteiger partial charge in [-0.3, -0.25) is 0 Å². The Kier molecular flexibility index (Phi) is 7.43. The summed E-state index contributed by atoms with van der Waals surface area (Å²) in [5, 5.41) is 25.4. The zero-order valence-electron chi connectivity index (χ0n) is 15.7. The Morgan fingerprint density at radius 2 is 1.16 bits per heavy atom. The molecular weight excluding hydrogens is 549 g/mol. The molecule has 2 aromatic heterocycles. The molecule has 2 atom stereocenters. The van der Waals surface area contributed by atoms with Crippen molar-refractivity contribution in [2.75, 3.05) is 0 Å². The van der Waals surface area contributed by atoms with Crippen LogP contribution in [-0.2, 0) is 13.1 Å². The second-order valence-corrected chi connectivity index (χ2v) is 11.2. The Labute approximate surface area is 204 Å². The van der Waals surface area contributed by atoms with Crippen LogP contribution < -0.4 is 0 Å². The van der Waals surface area contributed by atoms with Crippen LogP contribution in [-0.4, -0.2) is 55.4 Å². The second-order valence-electron chi connectivity index (χ2n) is 6.51. The molecule has 160 valence electrons. The molecule has 0 amide bonds. The third-order valence-corrected chi connectivity index (χ3v) is 8.63. The number of rotatable bonds is 8. The number of hydrogen-bond donors (Lipinski definition) is 0. The molecule has 0 fully saturated rings. The molecule has 0 saturated carbocycles. The van der Waals surface area contributed by atoms with Gasteiger partial charge in [0, 0.05) is 0 Å². The van der Waals surface area contributed by atoms with Crippen molar-refractivity contribution in [3.8, 4) is 0 Å². The quantitative estimate of drug-likeness (QED) is 0.300. The normalized spacial score (nSPS) is 13.3. The van der Waals surface area contributed by atoms with Crippen LogP contribution in [0.3, 0.4) is 0 Å². The first kappa shape index (κ1) is 22.5. The SMILES string of the molecule is Clc1ccc(C(Cn2cnnn2)[Se]C(Cn2cnnn2)c2ccc(Cl)cc2Cl)c(Cl)c1. The number of tetrazole rings is 2. The van der Waals surface area contributed by atoms with Crippen LogP contribution >= 0.6 is 46.4 Å². The predicted molar refractivity (Wildman–Crippen MR) is 120 cm³/mol. The van der Waals surface area contributed by atoms with E-state index in [2.05, 4.69) is 31.1 Å². The molecule has 13 heteroatoms. The molecule has 0 aliphatic carbocycles. The Hall–Kier alpha value is -1.74. The first-order chi connectivity index (χ1) is 15.0. The standard InChI is InChI=1S/C18H14Cl4N8Se/c19-11-1-3-13(15(21)5-11)17(7-29-9-23-25-27-29)31-18(8-30-10-24-26-28-30)14-4-2-12(20)6-16(14)22/h1-6,9-10,17-18H,7-8H2. The Bertz CT molecular complexity index is 1050. The molecule has 0 radical (unpaired) electrons. The fourth-order valence-corrected chi connectivity index (χ4v) is 7.71. The first-order valence-electron chi connectivity index (χ1n) is 8.96. The molecule has 8 nitrogen and oxygen atoms in total. The van der Waals surface area contributed by atoms with Gasteiger partial charge in [0.15, 0.2) is 0 Å². The van der Waals surface area contributed by atoms with Crippen molar-refractivity contribution in [1.82, 2.24) is 40.4 Å². The van der Waals surface area contributed by atoms with E-state index in [9.17, 15) is 0 Å². The van der Waals surface area contributed by atoms with E-state index in [-0.39, 0.29) is 24.6 Å². The second kappa shape index (κ2) is 10.3. The van der Waals surface area contributed by atoms with Gasteiger partial charge in [0.05, 0.1) is 0 Å². The van der Waals surface area contributed by atoms with Crippen LogP contribution in [0.25, 0.3) is 0 Å². The maximum atomic E-state index is 6.57. The van der Waals surface area contributed by atoms with Crippen molar-refractivity contribution in [2.45, 2.75) is 22.7 Å². The van der Waals surface area contributed by atoms with E-state index in [1.165, 1.54) is 0 Å². The number of hydrogen-bond acceptors (Lipinski definition) is 6. The van der Waals surface area contributed by atoms with Crippen LogP contribution in [0.5, 0.6) is 0 Å². The minimum atomic E-state index is -0.0627. The summed E-state index contributed by atoms with van der Waals surface area (Å²) in [6.45, 7) is 1.09. The zero-order chi connectivity index (χ0) is 21.8. The van der Waals surface area contributed by atoms with Crippen molar-refractivity contribution in [3.05, 3.63) is 80.3 Å². The van der Waals surface area contributed by atoms with E-state index < -0.39 is 0 Å². The van der Waals surface area contributed by atoms with Crippen molar-refractivity contribution >= 4 is 61.4 Å². The Morgan fingerprint density at radius 1 is 0.710 bits per heavy atom. The van der Waals surface area contributed by atoms with Gasteiger partial charge in [0.1, 0.15) is 0 Å². The van der Waals surface area contributed by atoms with E-state index in [4.69, 9.17) is 46.4 Å². The molecule has 2 heterocycles. The molecule has 0 N–H and O–H groups in total. The molecule has 2 unspecified atom stereocenters. The molecule has 0 aliphatic heterocycles. The van der Waals surface area contributed by atoms with E-state index in [0.29, 0.717) is 33.2 Å². The fourth-order valence-electron chi connectivity index (χ4n) is 3.02. The Morgan fingerprint density at radius 3 is 1.52 bits per heavy atom. The number of benzene rings is 2. The van der Waals surface area contributed by atoms with Crippen molar-refractivity contribution in [1.29, 1.82) is 0 Å². The van der Waals surface area contributed by atoms with E-state index in [1.54, 1.807) is 34.2 Å². The predicted octanol–water partition coefficient (Wildman–Crippen LogP) is 4.16. The van der Waals surface area contributed by atoms with Gasteiger partial charge in [-0.15, -0.1) is 0 Å². The van der Waals surface area contributed by atoms with Crippen LogP contribution in [0.2, 0.25) is 20.1 Å². The molecule has 4 rings (SSSR count). The molecular formula is C18H14Cl4N8Se. The molecule has 0 bridgehead atoms. The average Bonchev–Trinajstić information content (AvgIpc) is 3.41. The first-order valence-corrected chi connectivity index (χ1v) is 12.5. The van der Waals surface area contributed by atoms with Gasteiger partial charge < -0.3 is 0 Å². The number of nitrogens with zero attached hydrogens (tertiary/aromatic N) is 8. The summed E-state index contributed by atoms with van der Waals surface area (Å²) >= 11 is 25.3. The summed E-state index contributed by atoms with van der Waals surface area (Å²) < 4.78 is 3.38. The van der Waals surface area contributed by atoms with Gasteiger partial charge >= 0.3 is 205 Å². The maximum absolute atomic E-state index is 6.57. The fraction of sp³-hybridized carbons (Fsp3) is 0.222. The zero-order valence-corrected chi connectivity index (χ0v) is 20.4. The third-order valence-electron chi connectivity index (χ3n) is 4.44. The van der Waals surface area contributed by atoms with Crippen molar-refractivity contribution in [3.63, 3.8) is 0 Å². The Balaban J connectivity index is 1.71. The van der Waals surface area contributed by atoms with Gasteiger partial charge in [-0.2, -0.15) is 0 Å². The van der Waals surface area contributed by atoms with Crippen LogP contribution in [0.15, 0.2) is 49.1 Å². The molecule has 0 saturated heterocycles. The number of halogens is 4. The van der Waals surface area contributed by atoms with Crippen molar-refractivity contribution < 1.29 is 0 Å². The molecule has 31 heavy (non-hydrogen) atoms. The van der Waals surface area contributed by atoms with E-state index in [0.717, 1.165) is 11.1 Å². The molecule has 0 spiro atoms. The number of aromatic nitrogens is 8.